The smallest absolute Gasteiger partial charge is 0.269 e. The van der Waals surface area contributed by atoms with Crippen LogP contribution in [-0.2, 0) is 24.3 Å². The first-order valence-electron chi connectivity index (χ1n) is 8.05. The molecule has 7 heteroatoms. The van der Waals surface area contributed by atoms with Crippen molar-refractivity contribution in [2.45, 2.75) is 19.5 Å². The number of amides is 1. The summed E-state index contributed by atoms with van der Waals surface area (Å²) in [5.74, 6) is 0.568. The van der Waals surface area contributed by atoms with Crippen LogP contribution in [0.5, 0.6) is 0 Å². The number of pyridine rings is 1. The molecule has 1 amide bonds. The van der Waals surface area contributed by atoms with Gasteiger partial charge in [0.2, 0.25) is 5.91 Å². The Morgan fingerprint density at radius 1 is 1.08 bits per heavy atom. The number of rotatable bonds is 7. The van der Waals surface area contributed by atoms with Crippen LogP contribution in [0.1, 0.15) is 17.0 Å². The molecule has 0 aliphatic heterocycles. The summed E-state index contributed by atoms with van der Waals surface area (Å²) in [5.41, 5.74) is 1.49. The van der Waals surface area contributed by atoms with Crippen LogP contribution in [0.15, 0.2) is 71.5 Å². The van der Waals surface area contributed by atoms with E-state index in [1.807, 2.05) is 24.3 Å². The number of carbonyl (C=O) groups is 1. The molecular weight excluding hydrogens is 334 g/mol. The molecule has 1 aromatic carbocycles. The Labute approximate surface area is 150 Å². The van der Waals surface area contributed by atoms with E-state index in [4.69, 9.17) is 4.42 Å². The molecule has 0 aliphatic rings. The molecule has 0 bridgehead atoms. The fraction of sp³-hybridized carbons (Fsp3) is 0.158. The van der Waals surface area contributed by atoms with E-state index in [2.05, 4.69) is 4.98 Å². The van der Waals surface area contributed by atoms with Crippen LogP contribution in [0.3, 0.4) is 0 Å². The number of carbonyl (C=O) groups excluding carboxylic acids is 1. The minimum atomic E-state index is -0.462. The highest BCUT2D eigenvalue weighted by atomic mass is 16.6. The van der Waals surface area contributed by atoms with Gasteiger partial charge >= 0.3 is 0 Å². The summed E-state index contributed by atoms with van der Waals surface area (Å²) in [4.78, 5) is 29.0. The summed E-state index contributed by atoms with van der Waals surface area (Å²) < 4.78 is 5.35. The zero-order valence-electron chi connectivity index (χ0n) is 13.9. The predicted octanol–water partition coefficient (Wildman–Crippen LogP) is 3.35. The molecule has 0 saturated heterocycles. The maximum absolute atomic E-state index is 12.8. The molecule has 0 N–H and O–H groups in total. The van der Waals surface area contributed by atoms with E-state index >= 15 is 0 Å². The maximum atomic E-state index is 12.8. The lowest BCUT2D eigenvalue weighted by atomic mass is 10.1. The summed E-state index contributed by atoms with van der Waals surface area (Å²) in [7, 11) is 0. The first-order chi connectivity index (χ1) is 12.6. The van der Waals surface area contributed by atoms with Gasteiger partial charge in [-0.15, -0.1) is 0 Å². The van der Waals surface area contributed by atoms with Gasteiger partial charge in [-0.05, 0) is 29.8 Å². The number of benzene rings is 1. The Bertz CT molecular complexity index is 862. The first-order valence-corrected chi connectivity index (χ1v) is 8.05. The molecule has 2 heterocycles. The topological polar surface area (TPSA) is 89.5 Å². The van der Waals surface area contributed by atoms with Gasteiger partial charge in [-0.1, -0.05) is 18.2 Å². The second kappa shape index (κ2) is 8.06. The number of furan rings is 1. The third-order valence-corrected chi connectivity index (χ3v) is 3.86. The molecule has 0 saturated carbocycles. The molecule has 0 unspecified atom stereocenters. The third kappa shape index (κ3) is 4.54. The van der Waals surface area contributed by atoms with E-state index in [9.17, 15) is 14.9 Å². The monoisotopic (exact) mass is 351 g/mol. The van der Waals surface area contributed by atoms with Gasteiger partial charge in [0.1, 0.15) is 5.76 Å². The van der Waals surface area contributed by atoms with Crippen LogP contribution in [-0.4, -0.2) is 20.7 Å². The van der Waals surface area contributed by atoms with Gasteiger partial charge in [0.15, 0.2) is 0 Å². The van der Waals surface area contributed by atoms with E-state index < -0.39 is 4.92 Å². The quantitative estimate of drug-likeness (QED) is 0.481. The van der Waals surface area contributed by atoms with Crippen LogP contribution >= 0.6 is 0 Å². The second-order valence-electron chi connectivity index (χ2n) is 5.75. The lowest BCUT2D eigenvalue weighted by Gasteiger charge is -2.21. The normalized spacial score (nSPS) is 10.5. The van der Waals surface area contributed by atoms with Crippen molar-refractivity contribution >= 4 is 11.6 Å². The zero-order valence-corrected chi connectivity index (χ0v) is 13.9. The van der Waals surface area contributed by atoms with Gasteiger partial charge in [0, 0.05) is 18.3 Å². The number of hydrogen-bond donors (Lipinski definition) is 0. The van der Waals surface area contributed by atoms with E-state index in [1.165, 1.54) is 12.1 Å². The van der Waals surface area contributed by atoms with Gasteiger partial charge in [0.05, 0.1) is 36.4 Å². The van der Waals surface area contributed by atoms with E-state index in [0.717, 1.165) is 5.69 Å². The highest BCUT2D eigenvalue weighted by molar-refractivity contribution is 5.78. The van der Waals surface area contributed by atoms with Crippen molar-refractivity contribution in [3.63, 3.8) is 0 Å². The number of hydrogen-bond acceptors (Lipinski definition) is 5. The van der Waals surface area contributed by atoms with Gasteiger partial charge < -0.3 is 9.32 Å². The van der Waals surface area contributed by atoms with E-state index in [0.29, 0.717) is 24.4 Å². The van der Waals surface area contributed by atoms with Crippen LogP contribution in [0.25, 0.3) is 0 Å². The SMILES string of the molecule is O=C(Cc1ccc([N+](=O)[O-])cc1)N(Cc1ccccn1)Cc1ccco1. The Morgan fingerprint density at radius 3 is 2.50 bits per heavy atom. The highest BCUT2D eigenvalue weighted by Gasteiger charge is 2.17. The first kappa shape index (κ1) is 17.3. The van der Waals surface area contributed by atoms with Crippen molar-refractivity contribution in [3.05, 3.63) is 94.2 Å². The van der Waals surface area contributed by atoms with E-state index in [1.54, 1.807) is 35.6 Å². The molecule has 0 aliphatic carbocycles. The lowest BCUT2D eigenvalue weighted by molar-refractivity contribution is -0.384. The van der Waals surface area contributed by atoms with Gasteiger partial charge in [-0.3, -0.25) is 19.9 Å². The number of nitrogens with zero attached hydrogens (tertiary/aromatic N) is 3. The van der Waals surface area contributed by atoms with Crippen LogP contribution in [0.2, 0.25) is 0 Å². The fourth-order valence-corrected chi connectivity index (χ4v) is 2.53. The molecule has 0 spiro atoms. The summed E-state index contributed by atoms with van der Waals surface area (Å²) in [6.45, 7) is 0.683. The van der Waals surface area contributed by atoms with Crippen LogP contribution in [0.4, 0.5) is 5.69 Å². The Kier molecular flexibility index (Phi) is 5.38. The molecule has 26 heavy (non-hydrogen) atoms. The van der Waals surface area contributed by atoms with Crippen molar-refractivity contribution in [1.82, 2.24) is 9.88 Å². The third-order valence-electron chi connectivity index (χ3n) is 3.86. The minimum Gasteiger partial charge on any atom is -0.467 e. The summed E-state index contributed by atoms with van der Waals surface area (Å²) in [5, 5.41) is 10.7. The number of nitro benzene ring substituents is 1. The van der Waals surface area contributed by atoms with Crippen molar-refractivity contribution in [2.24, 2.45) is 0 Å². The van der Waals surface area contributed by atoms with Gasteiger partial charge in [-0.25, -0.2) is 0 Å². The molecule has 3 rings (SSSR count). The number of aromatic nitrogens is 1. The number of nitro groups is 1. The van der Waals surface area contributed by atoms with E-state index in [-0.39, 0.29) is 18.0 Å². The summed E-state index contributed by atoms with van der Waals surface area (Å²) >= 11 is 0. The molecular formula is C19H17N3O4. The average Bonchev–Trinajstić information content (AvgIpc) is 3.15. The Balaban J connectivity index is 1.74. The summed E-state index contributed by atoms with van der Waals surface area (Å²) in [6, 6.07) is 15.1. The predicted molar refractivity (Wildman–Crippen MR) is 94.0 cm³/mol. The Morgan fingerprint density at radius 2 is 1.88 bits per heavy atom. The largest absolute Gasteiger partial charge is 0.467 e. The van der Waals surface area contributed by atoms with Crippen molar-refractivity contribution in [2.75, 3.05) is 0 Å². The average molecular weight is 351 g/mol. The molecule has 7 nitrogen and oxygen atoms in total. The van der Waals surface area contributed by atoms with Crippen molar-refractivity contribution < 1.29 is 14.1 Å². The van der Waals surface area contributed by atoms with Gasteiger partial charge in [0.25, 0.3) is 5.69 Å². The minimum absolute atomic E-state index is 0.00197. The van der Waals surface area contributed by atoms with Crippen molar-refractivity contribution in [1.29, 1.82) is 0 Å². The molecule has 132 valence electrons. The van der Waals surface area contributed by atoms with Gasteiger partial charge in [-0.2, -0.15) is 0 Å². The standard InChI is InChI=1S/C19H17N3O4/c23-19(12-15-6-8-17(9-7-15)22(24)25)21(14-18-5-3-11-26-18)13-16-4-1-2-10-20-16/h1-11H,12-14H2. The molecule has 3 aromatic rings. The molecule has 0 radical (unpaired) electrons. The number of non-ortho nitro benzene ring substituents is 1. The lowest BCUT2D eigenvalue weighted by Crippen LogP contribution is -2.31. The van der Waals surface area contributed by atoms with Crippen molar-refractivity contribution in [3.8, 4) is 0 Å². The molecule has 2 aromatic heterocycles. The van der Waals surface area contributed by atoms with Crippen LogP contribution < -0.4 is 0 Å². The maximum Gasteiger partial charge on any atom is 0.269 e. The van der Waals surface area contributed by atoms with Crippen LogP contribution in [0, 0.1) is 10.1 Å². The molecule has 0 atom stereocenters. The second-order valence-corrected chi connectivity index (χ2v) is 5.75. The Hall–Kier alpha value is -3.48. The summed E-state index contributed by atoms with van der Waals surface area (Å²) in [6.07, 6.45) is 3.39. The molecule has 0 fully saturated rings. The zero-order chi connectivity index (χ0) is 18.4. The highest BCUT2D eigenvalue weighted by Crippen LogP contribution is 2.15. The fourth-order valence-electron chi connectivity index (χ4n) is 2.53.